The molecule has 3 aromatic rings. The zero-order chi connectivity index (χ0) is 18.4. The first-order valence-corrected chi connectivity index (χ1v) is 8.21. The van der Waals surface area contributed by atoms with Crippen molar-refractivity contribution in [3.8, 4) is 5.75 Å². The molecule has 134 valence electrons. The van der Waals surface area contributed by atoms with Crippen LogP contribution < -0.4 is 15.4 Å². The highest BCUT2D eigenvalue weighted by Gasteiger charge is 2.09. The summed E-state index contributed by atoms with van der Waals surface area (Å²) in [5.41, 5.74) is 2.18. The fraction of sp³-hybridized carbons (Fsp3) is 0.211. The van der Waals surface area contributed by atoms with E-state index >= 15 is 0 Å². The highest BCUT2D eigenvalue weighted by molar-refractivity contribution is 5.94. The molecule has 1 amide bonds. The van der Waals surface area contributed by atoms with E-state index in [0.29, 0.717) is 35.8 Å². The molecular formula is C19H20N4O3. The van der Waals surface area contributed by atoms with Crippen molar-refractivity contribution in [3.63, 3.8) is 0 Å². The van der Waals surface area contributed by atoms with Crippen LogP contribution in [0.1, 0.15) is 21.7 Å². The van der Waals surface area contributed by atoms with Crippen molar-refractivity contribution in [2.75, 3.05) is 19.0 Å². The summed E-state index contributed by atoms with van der Waals surface area (Å²) in [7, 11) is 1.64. The van der Waals surface area contributed by atoms with Gasteiger partial charge in [0.05, 0.1) is 24.6 Å². The number of carbonyl (C=O) groups is 1. The molecule has 0 saturated carbocycles. The first kappa shape index (κ1) is 17.5. The third-order valence-electron chi connectivity index (χ3n) is 3.77. The Kier molecular flexibility index (Phi) is 5.48. The van der Waals surface area contributed by atoms with Gasteiger partial charge < -0.3 is 19.9 Å². The van der Waals surface area contributed by atoms with Gasteiger partial charge in [0.1, 0.15) is 11.5 Å². The van der Waals surface area contributed by atoms with Crippen LogP contribution in [0.3, 0.4) is 0 Å². The van der Waals surface area contributed by atoms with Gasteiger partial charge in [0, 0.05) is 18.8 Å². The first-order valence-electron chi connectivity index (χ1n) is 8.21. The van der Waals surface area contributed by atoms with Gasteiger partial charge in [-0.2, -0.15) is 0 Å². The molecule has 0 unspecified atom stereocenters. The quantitative estimate of drug-likeness (QED) is 0.679. The zero-order valence-corrected chi connectivity index (χ0v) is 14.7. The van der Waals surface area contributed by atoms with Gasteiger partial charge in [0.15, 0.2) is 5.82 Å². The molecule has 2 heterocycles. The number of pyridine rings is 1. The Morgan fingerprint density at radius 3 is 2.85 bits per heavy atom. The Morgan fingerprint density at radius 2 is 2.08 bits per heavy atom. The summed E-state index contributed by atoms with van der Waals surface area (Å²) in [5, 5.41) is 9.81. The Bertz CT molecular complexity index is 892. The predicted molar refractivity (Wildman–Crippen MR) is 97.8 cm³/mol. The number of aromatic nitrogens is 2. The average Bonchev–Trinajstić information content (AvgIpc) is 3.07. The van der Waals surface area contributed by atoms with E-state index in [2.05, 4.69) is 20.8 Å². The molecule has 0 aliphatic heterocycles. The Balaban J connectivity index is 1.58. The summed E-state index contributed by atoms with van der Waals surface area (Å²) in [4.78, 5) is 16.5. The van der Waals surface area contributed by atoms with Gasteiger partial charge in [-0.1, -0.05) is 23.4 Å². The Morgan fingerprint density at radius 1 is 1.23 bits per heavy atom. The highest BCUT2D eigenvalue weighted by atomic mass is 16.5. The molecule has 1 aromatic carbocycles. The monoisotopic (exact) mass is 352 g/mol. The second-order valence-corrected chi connectivity index (χ2v) is 5.73. The Labute approximate surface area is 151 Å². The normalized spacial score (nSPS) is 10.4. The molecule has 0 spiro atoms. The summed E-state index contributed by atoms with van der Waals surface area (Å²) in [6.45, 7) is 2.31. The third-order valence-corrected chi connectivity index (χ3v) is 3.77. The summed E-state index contributed by atoms with van der Waals surface area (Å²) in [6, 6.07) is 11.2. The fourth-order valence-corrected chi connectivity index (χ4v) is 2.53. The minimum absolute atomic E-state index is 0.188. The van der Waals surface area contributed by atoms with E-state index in [1.807, 2.05) is 31.2 Å². The van der Waals surface area contributed by atoms with Crippen LogP contribution in [0.15, 0.2) is 53.3 Å². The second-order valence-electron chi connectivity index (χ2n) is 5.73. The SMILES string of the molecule is COc1ccccc1CCNC(=O)c1cncc(Nc2cc(C)on2)c1. The third kappa shape index (κ3) is 4.38. The van der Waals surface area contributed by atoms with Gasteiger partial charge in [-0.05, 0) is 31.0 Å². The lowest BCUT2D eigenvalue weighted by Gasteiger charge is -2.09. The van der Waals surface area contributed by atoms with E-state index in [-0.39, 0.29) is 5.91 Å². The van der Waals surface area contributed by atoms with Crippen LogP contribution in [0, 0.1) is 6.92 Å². The molecular weight excluding hydrogens is 332 g/mol. The molecule has 0 radical (unpaired) electrons. The van der Waals surface area contributed by atoms with Crippen molar-refractivity contribution >= 4 is 17.4 Å². The molecule has 0 atom stereocenters. The molecule has 2 aromatic heterocycles. The molecule has 7 nitrogen and oxygen atoms in total. The van der Waals surface area contributed by atoms with E-state index < -0.39 is 0 Å². The topological polar surface area (TPSA) is 89.3 Å². The van der Waals surface area contributed by atoms with Gasteiger partial charge >= 0.3 is 0 Å². The number of methoxy groups -OCH3 is 1. The highest BCUT2D eigenvalue weighted by Crippen LogP contribution is 2.18. The molecule has 7 heteroatoms. The summed E-state index contributed by atoms with van der Waals surface area (Å²) in [5.74, 6) is 1.90. The summed E-state index contributed by atoms with van der Waals surface area (Å²) >= 11 is 0. The van der Waals surface area contributed by atoms with Crippen LogP contribution >= 0.6 is 0 Å². The number of nitrogens with one attached hydrogen (secondary N) is 2. The molecule has 0 aliphatic rings. The number of aryl methyl sites for hydroxylation is 1. The Hall–Kier alpha value is -3.35. The second kappa shape index (κ2) is 8.15. The number of anilines is 2. The lowest BCUT2D eigenvalue weighted by Crippen LogP contribution is -2.26. The largest absolute Gasteiger partial charge is 0.496 e. The molecule has 3 rings (SSSR count). The van der Waals surface area contributed by atoms with E-state index in [9.17, 15) is 4.79 Å². The molecule has 0 fully saturated rings. The molecule has 2 N–H and O–H groups in total. The lowest BCUT2D eigenvalue weighted by molar-refractivity contribution is 0.0953. The zero-order valence-electron chi connectivity index (χ0n) is 14.7. The molecule has 0 saturated heterocycles. The van der Waals surface area contributed by atoms with Crippen LogP contribution in [-0.2, 0) is 6.42 Å². The fourth-order valence-electron chi connectivity index (χ4n) is 2.53. The number of para-hydroxylation sites is 1. The first-order chi connectivity index (χ1) is 12.7. The van der Waals surface area contributed by atoms with Gasteiger partial charge in [0.2, 0.25) is 0 Å². The minimum Gasteiger partial charge on any atom is -0.496 e. The van der Waals surface area contributed by atoms with Crippen LogP contribution in [0.4, 0.5) is 11.5 Å². The maximum Gasteiger partial charge on any atom is 0.252 e. The number of carbonyl (C=O) groups excluding carboxylic acids is 1. The van der Waals surface area contributed by atoms with Crippen LogP contribution in [0.5, 0.6) is 5.75 Å². The van der Waals surface area contributed by atoms with Crippen molar-refractivity contribution in [2.45, 2.75) is 13.3 Å². The van der Waals surface area contributed by atoms with Crippen molar-refractivity contribution in [3.05, 3.63) is 65.7 Å². The standard InChI is InChI=1S/C19H20N4O3/c1-13-9-18(23-26-13)22-16-10-15(11-20-12-16)19(24)21-8-7-14-5-3-4-6-17(14)25-2/h3-6,9-12H,7-8H2,1-2H3,(H,21,24)(H,22,23). The van der Waals surface area contributed by atoms with Gasteiger partial charge in [-0.25, -0.2) is 0 Å². The number of ether oxygens (including phenoxy) is 1. The smallest absolute Gasteiger partial charge is 0.252 e. The number of amides is 1. The summed E-state index contributed by atoms with van der Waals surface area (Å²) < 4.78 is 10.3. The minimum atomic E-state index is -0.188. The van der Waals surface area contributed by atoms with E-state index in [1.54, 1.807) is 25.4 Å². The maximum absolute atomic E-state index is 12.4. The van der Waals surface area contributed by atoms with Crippen LogP contribution in [0.25, 0.3) is 0 Å². The van der Waals surface area contributed by atoms with Gasteiger partial charge in [0.25, 0.3) is 5.91 Å². The van der Waals surface area contributed by atoms with E-state index in [1.165, 1.54) is 6.20 Å². The summed E-state index contributed by atoms with van der Waals surface area (Å²) in [6.07, 6.45) is 3.83. The van der Waals surface area contributed by atoms with E-state index in [0.717, 1.165) is 11.3 Å². The lowest BCUT2D eigenvalue weighted by atomic mass is 10.1. The number of nitrogens with zero attached hydrogens (tertiary/aromatic N) is 2. The number of benzene rings is 1. The number of rotatable bonds is 7. The molecule has 26 heavy (non-hydrogen) atoms. The van der Waals surface area contributed by atoms with Crippen molar-refractivity contribution in [2.24, 2.45) is 0 Å². The van der Waals surface area contributed by atoms with Crippen molar-refractivity contribution in [1.29, 1.82) is 0 Å². The molecule has 0 aliphatic carbocycles. The van der Waals surface area contributed by atoms with Gasteiger partial charge in [-0.15, -0.1) is 0 Å². The van der Waals surface area contributed by atoms with E-state index in [4.69, 9.17) is 9.26 Å². The van der Waals surface area contributed by atoms with Crippen molar-refractivity contribution in [1.82, 2.24) is 15.5 Å². The van der Waals surface area contributed by atoms with Crippen molar-refractivity contribution < 1.29 is 14.1 Å². The molecule has 0 bridgehead atoms. The maximum atomic E-state index is 12.4. The van der Waals surface area contributed by atoms with Crippen LogP contribution in [0.2, 0.25) is 0 Å². The predicted octanol–water partition coefficient (Wildman–Crippen LogP) is 3.10. The number of hydrogen-bond acceptors (Lipinski definition) is 6. The number of hydrogen-bond donors (Lipinski definition) is 2. The van der Waals surface area contributed by atoms with Gasteiger partial charge in [-0.3, -0.25) is 9.78 Å². The average molecular weight is 352 g/mol. The van der Waals surface area contributed by atoms with Crippen LogP contribution in [-0.4, -0.2) is 29.7 Å².